The number of nitrogens with zero attached hydrogens (tertiary/aromatic N) is 3. The molecule has 0 amide bonds. The van der Waals surface area contributed by atoms with Gasteiger partial charge in [-0.2, -0.15) is 0 Å². The summed E-state index contributed by atoms with van der Waals surface area (Å²) in [5, 5.41) is 6.29. The average molecular weight is 266 g/mol. The highest BCUT2D eigenvalue weighted by Crippen LogP contribution is 2.19. The number of carbonyl (C=O) groups excluding carboxylic acids is 1. The third-order valence-corrected chi connectivity index (χ3v) is 2.60. The SMILES string of the molecule is COC(=O)C(NCCN=[N+]=[N-])c1ccc(F)cc1C. The summed E-state index contributed by atoms with van der Waals surface area (Å²) in [6.07, 6.45) is 0. The maximum atomic E-state index is 13.1. The zero-order valence-electron chi connectivity index (χ0n) is 10.8. The monoisotopic (exact) mass is 266 g/mol. The van der Waals surface area contributed by atoms with Crippen molar-refractivity contribution in [2.45, 2.75) is 13.0 Å². The highest BCUT2D eigenvalue weighted by atomic mass is 19.1. The fourth-order valence-electron chi connectivity index (χ4n) is 1.70. The minimum atomic E-state index is -0.709. The van der Waals surface area contributed by atoms with Crippen molar-refractivity contribution in [2.24, 2.45) is 5.11 Å². The van der Waals surface area contributed by atoms with E-state index in [0.29, 0.717) is 17.7 Å². The number of methoxy groups -OCH3 is 1. The van der Waals surface area contributed by atoms with Crippen molar-refractivity contribution in [3.05, 3.63) is 45.6 Å². The molecule has 102 valence electrons. The molecule has 1 aromatic carbocycles. The van der Waals surface area contributed by atoms with E-state index in [0.717, 1.165) is 0 Å². The second-order valence-electron chi connectivity index (χ2n) is 3.87. The second-order valence-corrected chi connectivity index (χ2v) is 3.87. The summed E-state index contributed by atoms with van der Waals surface area (Å²) in [5.41, 5.74) is 9.45. The van der Waals surface area contributed by atoms with Gasteiger partial charge >= 0.3 is 5.97 Å². The first kappa shape index (κ1) is 14.9. The average Bonchev–Trinajstić information content (AvgIpc) is 2.39. The molecule has 1 atom stereocenters. The van der Waals surface area contributed by atoms with Gasteiger partial charge in [0.2, 0.25) is 0 Å². The molecular weight excluding hydrogens is 251 g/mol. The molecule has 0 aliphatic heterocycles. The number of nitrogens with one attached hydrogen (secondary N) is 1. The number of carbonyl (C=O) groups is 1. The summed E-state index contributed by atoms with van der Waals surface area (Å²) in [6.45, 7) is 2.24. The summed E-state index contributed by atoms with van der Waals surface area (Å²) in [7, 11) is 1.28. The first-order chi connectivity index (χ1) is 9.10. The van der Waals surface area contributed by atoms with Gasteiger partial charge in [0, 0.05) is 18.0 Å². The van der Waals surface area contributed by atoms with Crippen LogP contribution < -0.4 is 5.32 Å². The van der Waals surface area contributed by atoms with Crippen molar-refractivity contribution in [3.63, 3.8) is 0 Å². The Balaban J connectivity index is 2.89. The van der Waals surface area contributed by atoms with Crippen molar-refractivity contribution >= 4 is 5.97 Å². The van der Waals surface area contributed by atoms with E-state index < -0.39 is 12.0 Å². The van der Waals surface area contributed by atoms with Crippen molar-refractivity contribution < 1.29 is 13.9 Å². The van der Waals surface area contributed by atoms with Crippen LogP contribution in [0.4, 0.5) is 4.39 Å². The van der Waals surface area contributed by atoms with Crippen LogP contribution in [0.5, 0.6) is 0 Å². The van der Waals surface area contributed by atoms with E-state index >= 15 is 0 Å². The zero-order valence-corrected chi connectivity index (χ0v) is 10.8. The summed E-state index contributed by atoms with van der Waals surface area (Å²) in [5.74, 6) is -0.838. The standard InChI is InChI=1S/C12H15FN4O2/c1-8-7-9(13)3-4-10(8)11(12(18)19-2)15-5-6-16-17-14/h3-4,7,11,15H,5-6H2,1-2H3. The Morgan fingerprint density at radius 3 is 2.95 bits per heavy atom. The first-order valence-corrected chi connectivity index (χ1v) is 5.68. The molecule has 0 saturated carbocycles. The van der Waals surface area contributed by atoms with Crippen LogP contribution in [0.3, 0.4) is 0 Å². The minimum Gasteiger partial charge on any atom is -0.468 e. The van der Waals surface area contributed by atoms with Crippen LogP contribution in [0.2, 0.25) is 0 Å². The van der Waals surface area contributed by atoms with Gasteiger partial charge in [-0.15, -0.1) is 0 Å². The Morgan fingerprint density at radius 2 is 2.37 bits per heavy atom. The van der Waals surface area contributed by atoms with Gasteiger partial charge in [-0.3, -0.25) is 0 Å². The molecule has 7 heteroatoms. The van der Waals surface area contributed by atoms with Gasteiger partial charge in [-0.05, 0) is 35.7 Å². The van der Waals surface area contributed by atoms with E-state index in [2.05, 4.69) is 15.3 Å². The molecular formula is C12H15FN4O2. The molecule has 1 N–H and O–H groups in total. The van der Waals surface area contributed by atoms with Crippen LogP contribution in [0, 0.1) is 12.7 Å². The van der Waals surface area contributed by atoms with Gasteiger partial charge in [0.25, 0.3) is 0 Å². The van der Waals surface area contributed by atoms with E-state index in [-0.39, 0.29) is 12.4 Å². The van der Waals surface area contributed by atoms with E-state index in [1.807, 2.05) is 0 Å². The number of hydrogen-bond donors (Lipinski definition) is 1. The molecule has 19 heavy (non-hydrogen) atoms. The van der Waals surface area contributed by atoms with E-state index in [9.17, 15) is 9.18 Å². The minimum absolute atomic E-state index is 0.213. The Bertz CT molecular complexity index is 501. The predicted octanol–water partition coefficient (Wildman–Crippen LogP) is 2.25. The van der Waals surface area contributed by atoms with Crippen molar-refractivity contribution in [1.29, 1.82) is 0 Å². The van der Waals surface area contributed by atoms with Crippen molar-refractivity contribution in [2.75, 3.05) is 20.2 Å². The number of aryl methyl sites for hydroxylation is 1. The van der Waals surface area contributed by atoms with E-state index in [1.54, 1.807) is 6.92 Å². The normalized spacial score (nSPS) is 11.5. The molecule has 0 spiro atoms. The Labute approximate surface area is 110 Å². The number of azide groups is 1. The molecule has 0 aliphatic rings. The van der Waals surface area contributed by atoms with Gasteiger partial charge in [0.15, 0.2) is 0 Å². The lowest BCUT2D eigenvalue weighted by Crippen LogP contribution is -2.32. The van der Waals surface area contributed by atoms with Crippen LogP contribution in [-0.4, -0.2) is 26.2 Å². The summed E-state index contributed by atoms with van der Waals surface area (Å²) < 4.78 is 17.8. The Morgan fingerprint density at radius 1 is 1.63 bits per heavy atom. The lowest BCUT2D eigenvalue weighted by molar-refractivity contribution is -0.143. The highest BCUT2D eigenvalue weighted by Gasteiger charge is 2.22. The van der Waals surface area contributed by atoms with Crippen molar-refractivity contribution in [1.82, 2.24) is 5.32 Å². The third kappa shape index (κ3) is 4.24. The molecule has 0 saturated heterocycles. The molecule has 1 rings (SSSR count). The molecule has 0 radical (unpaired) electrons. The smallest absolute Gasteiger partial charge is 0.327 e. The number of benzene rings is 1. The van der Waals surface area contributed by atoms with Crippen molar-refractivity contribution in [3.8, 4) is 0 Å². The number of rotatable bonds is 6. The van der Waals surface area contributed by atoms with Gasteiger partial charge in [0.1, 0.15) is 11.9 Å². The summed E-state index contributed by atoms with van der Waals surface area (Å²) in [4.78, 5) is 14.4. The fraction of sp³-hybridized carbons (Fsp3) is 0.417. The van der Waals surface area contributed by atoms with Gasteiger partial charge < -0.3 is 10.1 Å². The van der Waals surface area contributed by atoms with Gasteiger partial charge in [0.05, 0.1) is 7.11 Å². The largest absolute Gasteiger partial charge is 0.468 e. The number of halogens is 1. The maximum Gasteiger partial charge on any atom is 0.327 e. The topological polar surface area (TPSA) is 87.1 Å². The zero-order chi connectivity index (χ0) is 14.3. The van der Waals surface area contributed by atoms with Gasteiger partial charge in [-0.1, -0.05) is 11.2 Å². The van der Waals surface area contributed by atoms with Crippen LogP contribution in [0.1, 0.15) is 17.2 Å². The molecule has 6 nitrogen and oxygen atoms in total. The summed E-state index contributed by atoms with van der Waals surface area (Å²) in [6, 6.07) is 3.46. The lowest BCUT2D eigenvalue weighted by atomic mass is 10.0. The molecule has 0 aliphatic carbocycles. The Kier molecular flexibility index (Phi) is 5.78. The maximum absolute atomic E-state index is 13.1. The fourth-order valence-corrected chi connectivity index (χ4v) is 1.70. The number of ether oxygens (including phenoxy) is 1. The lowest BCUT2D eigenvalue weighted by Gasteiger charge is -2.18. The molecule has 0 fully saturated rings. The van der Waals surface area contributed by atoms with Gasteiger partial charge in [-0.25, -0.2) is 9.18 Å². The second kappa shape index (κ2) is 7.35. The summed E-state index contributed by atoms with van der Waals surface area (Å²) >= 11 is 0. The molecule has 1 unspecified atom stereocenters. The van der Waals surface area contributed by atoms with Crippen LogP contribution in [-0.2, 0) is 9.53 Å². The number of hydrogen-bond acceptors (Lipinski definition) is 4. The quantitative estimate of drug-likeness (QED) is 0.281. The molecule has 0 aromatic heterocycles. The van der Waals surface area contributed by atoms with E-state index in [1.165, 1.54) is 25.3 Å². The predicted molar refractivity (Wildman–Crippen MR) is 67.9 cm³/mol. The van der Waals surface area contributed by atoms with E-state index in [4.69, 9.17) is 10.3 Å². The van der Waals surface area contributed by atoms with Crippen LogP contribution in [0.15, 0.2) is 23.3 Å². The first-order valence-electron chi connectivity index (χ1n) is 5.68. The third-order valence-electron chi connectivity index (χ3n) is 2.60. The van der Waals surface area contributed by atoms with Crippen LogP contribution in [0.25, 0.3) is 10.4 Å². The Hall–Kier alpha value is -2.11. The molecule has 0 heterocycles. The molecule has 1 aromatic rings. The molecule has 0 bridgehead atoms. The highest BCUT2D eigenvalue weighted by molar-refractivity contribution is 5.78. The van der Waals surface area contributed by atoms with Crippen LogP contribution >= 0.6 is 0 Å². The number of esters is 1.